The molecule has 5 nitrogen and oxygen atoms in total. The first-order valence-electron chi connectivity index (χ1n) is 7.74. The Labute approximate surface area is 128 Å². The van der Waals surface area contributed by atoms with Gasteiger partial charge in [-0.3, -0.25) is 4.90 Å². The smallest absolute Gasteiger partial charge is 0.128 e. The van der Waals surface area contributed by atoms with E-state index >= 15 is 0 Å². The lowest BCUT2D eigenvalue weighted by Crippen LogP contribution is -2.47. The predicted octanol–water partition coefficient (Wildman–Crippen LogP) is 1.48. The van der Waals surface area contributed by atoms with Gasteiger partial charge < -0.3 is 15.4 Å². The van der Waals surface area contributed by atoms with Crippen LogP contribution in [0.1, 0.15) is 26.3 Å². The van der Waals surface area contributed by atoms with Crippen molar-refractivity contribution in [2.75, 3.05) is 44.2 Å². The van der Waals surface area contributed by atoms with Gasteiger partial charge in [0.15, 0.2) is 0 Å². The molecule has 1 aliphatic rings. The molecule has 1 fully saturated rings. The molecule has 1 aromatic rings. The lowest BCUT2D eigenvalue weighted by molar-refractivity contribution is -0.0135. The van der Waals surface area contributed by atoms with E-state index in [1.54, 1.807) is 0 Å². The lowest BCUT2D eigenvalue weighted by Gasteiger charge is -2.35. The molecular weight excluding hydrogens is 264 g/mol. The van der Waals surface area contributed by atoms with Gasteiger partial charge in [-0.2, -0.15) is 0 Å². The Bertz CT molecular complexity index is 419. The minimum atomic E-state index is -0.0452. The fourth-order valence-corrected chi connectivity index (χ4v) is 2.41. The highest BCUT2D eigenvalue weighted by atomic mass is 16.5. The van der Waals surface area contributed by atoms with Gasteiger partial charge in [-0.15, -0.1) is 0 Å². The van der Waals surface area contributed by atoms with Crippen LogP contribution in [-0.2, 0) is 11.3 Å². The number of rotatable bonds is 5. The zero-order valence-electron chi connectivity index (χ0n) is 13.5. The number of nitrogens with zero attached hydrogens (tertiary/aromatic N) is 3. The van der Waals surface area contributed by atoms with E-state index in [0.717, 1.165) is 50.7 Å². The summed E-state index contributed by atoms with van der Waals surface area (Å²) < 4.78 is 5.79. The summed E-state index contributed by atoms with van der Waals surface area (Å²) in [7, 11) is 0. The molecule has 0 radical (unpaired) electrons. The standard InChI is InChI=1S/C16H28N4O/c1-16(2,3)21-11-10-19-6-8-20(9-7-19)15-5-4-14(12-17)13-18-15/h4-5,13H,6-12,17H2,1-3H3. The first-order valence-corrected chi connectivity index (χ1v) is 7.74. The van der Waals surface area contributed by atoms with Crippen LogP contribution in [0.15, 0.2) is 18.3 Å². The molecule has 2 rings (SSSR count). The topological polar surface area (TPSA) is 54.6 Å². The van der Waals surface area contributed by atoms with Gasteiger partial charge in [-0.25, -0.2) is 4.98 Å². The number of aromatic nitrogens is 1. The van der Waals surface area contributed by atoms with Crippen molar-refractivity contribution in [2.45, 2.75) is 32.9 Å². The van der Waals surface area contributed by atoms with Crippen LogP contribution in [0.2, 0.25) is 0 Å². The van der Waals surface area contributed by atoms with E-state index in [2.05, 4.69) is 47.7 Å². The largest absolute Gasteiger partial charge is 0.375 e. The first kappa shape index (κ1) is 16.2. The summed E-state index contributed by atoms with van der Waals surface area (Å²) in [5, 5.41) is 0. The van der Waals surface area contributed by atoms with Gasteiger partial charge in [-0.05, 0) is 32.4 Å². The number of hydrogen-bond acceptors (Lipinski definition) is 5. The highest BCUT2D eigenvalue weighted by molar-refractivity contribution is 5.39. The van der Waals surface area contributed by atoms with Crippen LogP contribution in [0.25, 0.3) is 0 Å². The van der Waals surface area contributed by atoms with Crippen molar-refractivity contribution in [3.8, 4) is 0 Å². The SMILES string of the molecule is CC(C)(C)OCCN1CCN(c2ccc(CN)cn2)CC1. The van der Waals surface area contributed by atoms with E-state index in [9.17, 15) is 0 Å². The van der Waals surface area contributed by atoms with Gasteiger partial charge in [0.1, 0.15) is 5.82 Å². The highest BCUT2D eigenvalue weighted by Crippen LogP contribution is 2.14. The number of pyridine rings is 1. The molecule has 118 valence electrons. The quantitative estimate of drug-likeness (QED) is 0.891. The van der Waals surface area contributed by atoms with Crippen LogP contribution >= 0.6 is 0 Å². The van der Waals surface area contributed by atoms with Crippen LogP contribution in [0.4, 0.5) is 5.82 Å². The normalized spacial score (nSPS) is 17.2. The van der Waals surface area contributed by atoms with Crippen molar-refractivity contribution in [1.82, 2.24) is 9.88 Å². The van der Waals surface area contributed by atoms with Crippen LogP contribution in [0.5, 0.6) is 0 Å². The number of ether oxygens (including phenoxy) is 1. The first-order chi connectivity index (χ1) is 9.98. The predicted molar refractivity (Wildman–Crippen MR) is 86.5 cm³/mol. The van der Waals surface area contributed by atoms with E-state index in [0.29, 0.717) is 6.54 Å². The van der Waals surface area contributed by atoms with E-state index in [-0.39, 0.29) is 5.60 Å². The van der Waals surface area contributed by atoms with Crippen molar-refractivity contribution in [3.05, 3.63) is 23.9 Å². The zero-order valence-corrected chi connectivity index (χ0v) is 13.5. The van der Waals surface area contributed by atoms with Gasteiger partial charge in [-0.1, -0.05) is 6.07 Å². The molecule has 0 aromatic carbocycles. The van der Waals surface area contributed by atoms with Crippen molar-refractivity contribution in [1.29, 1.82) is 0 Å². The number of hydrogen-bond donors (Lipinski definition) is 1. The van der Waals surface area contributed by atoms with E-state index in [1.165, 1.54) is 0 Å². The number of piperazine rings is 1. The van der Waals surface area contributed by atoms with Gasteiger partial charge in [0.05, 0.1) is 12.2 Å². The molecule has 21 heavy (non-hydrogen) atoms. The maximum Gasteiger partial charge on any atom is 0.128 e. The molecule has 0 aliphatic carbocycles. The molecule has 0 atom stereocenters. The molecular formula is C16H28N4O. The Morgan fingerprint density at radius 2 is 1.90 bits per heavy atom. The van der Waals surface area contributed by atoms with Crippen LogP contribution in [-0.4, -0.2) is 54.8 Å². The minimum Gasteiger partial charge on any atom is -0.375 e. The highest BCUT2D eigenvalue weighted by Gasteiger charge is 2.18. The summed E-state index contributed by atoms with van der Waals surface area (Å²) in [5.41, 5.74) is 6.64. The van der Waals surface area contributed by atoms with E-state index in [4.69, 9.17) is 10.5 Å². The molecule has 1 saturated heterocycles. The summed E-state index contributed by atoms with van der Waals surface area (Å²) >= 11 is 0. The van der Waals surface area contributed by atoms with Crippen molar-refractivity contribution in [2.24, 2.45) is 5.73 Å². The van der Waals surface area contributed by atoms with Crippen molar-refractivity contribution >= 4 is 5.82 Å². The maximum absolute atomic E-state index is 5.79. The Hall–Kier alpha value is -1.17. The Kier molecular flexibility index (Phi) is 5.56. The van der Waals surface area contributed by atoms with Crippen LogP contribution < -0.4 is 10.6 Å². The second kappa shape index (κ2) is 7.20. The molecule has 1 aromatic heterocycles. The summed E-state index contributed by atoms with van der Waals surface area (Å²) in [5.74, 6) is 1.05. The molecule has 0 spiro atoms. The Morgan fingerprint density at radius 3 is 2.43 bits per heavy atom. The number of nitrogens with two attached hydrogens (primary N) is 1. The summed E-state index contributed by atoms with van der Waals surface area (Å²) in [4.78, 5) is 9.28. The third kappa shape index (κ3) is 5.26. The monoisotopic (exact) mass is 292 g/mol. The third-order valence-corrected chi connectivity index (χ3v) is 3.68. The fraction of sp³-hybridized carbons (Fsp3) is 0.688. The summed E-state index contributed by atoms with van der Waals surface area (Å²) in [6.45, 7) is 12.8. The van der Waals surface area contributed by atoms with Gasteiger partial charge in [0.25, 0.3) is 0 Å². The average Bonchev–Trinajstić information content (AvgIpc) is 2.47. The van der Waals surface area contributed by atoms with Crippen molar-refractivity contribution < 1.29 is 4.74 Å². The fourth-order valence-electron chi connectivity index (χ4n) is 2.41. The Morgan fingerprint density at radius 1 is 1.19 bits per heavy atom. The average molecular weight is 292 g/mol. The molecule has 2 N–H and O–H groups in total. The maximum atomic E-state index is 5.79. The molecule has 0 unspecified atom stereocenters. The molecule has 2 heterocycles. The van der Waals surface area contributed by atoms with Gasteiger partial charge >= 0.3 is 0 Å². The molecule has 1 aliphatic heterocycles. The van der Waals surface area contributed by atoms with E-state index < -0.39 is 0 Å². The lowest BCUT2D eigenvalue weighted by atomic mass is 10.2. The van der Waals surface area contributed by atoms with E-state index in [1.807, 2.05) is 6.20 Å². The molecule has 0 saturated carbocycles. The van der Waals surface area contributed by atoms with Gasteiger partial charge in [0.2, 0.25) is 0 Å². The van der Waals surface area contributed by atoms with Crippen LogP contribution in [0.3, 0.4) is 0 Å². The second-order valence-electron chi connectivity index (χ2n) is 6.52. The third-order valence-electron chi connectivity index (χ3n) is 3.68. The summed E-state index contributed by atoms with van der Waals surface area (Å²) in [6.07, 6.45) is 1.87. The zero-order chi connectivity index (χ0) is 15.3. The molecule has 5 heteroatoms. The molecule has 0 amide bonds. The van der Waals surface area contributed by atoms with Crippen molar-refractivity contribution in [3.63, 3.8) is 0 Å². The number of anilines is 1. The Balaban J connectivity index is 1.74. The summed E-state index contributed by atoms with van der Waals surface area (Å²) in [6, 6.07) is 4.13. The second-order valence-corrected chi connectivity index (χ2v) is 6.52. The molecule has 0 bridgehead atoms. The van der Waals surface area contributed by atoms with Gasteiger partial charge in [0, 0.05) is 45.5 Å². The minimum absolute atomic E-state index is 0.0452. The van der Waals surface area contributed by atoms with Crippen LogP contribution in [0, 0.1) is 0 Å².